The highest BCUT2D eigenvalue weighted by Crippen LogP contribution is 2.32. The SMILES string of the molecule is O=C1Cc2cccc(OCc3ccccc3)c21. The Bertz CT molecular complexity index is 558. The van der Waals surface area contributed by atoms with Gasteiger partial charge in [-0.05, 0) is 17.2 Å². The summed E-state index contributed by atoms with van der Waals surface area (Å²) >= 11 is 0. The van der Waals surface area contributed by atoms with Gasteiger partial charge in [0.1, 0.15) is 12.4 Å². The molecule has 0 unspecified atom stereocenters. The lowest BCUT2D eigenvalue weighted by atomic mass is 9.86. The van der Waals surface area contributed by atoms with Gasteiger partial charge < -0.3 is 4.74 Å². The predicted octanol–water partition coefficient (Wildman–Crippen LogP) is 3.00. The molecule has 0 spiro atoms. The molecule has 0 heterocycles. The number of ketones is 1. The molecule has 2 heteroatoms. The monoisotopic (exact) mass is 224 g/mol. The normalized spacial score (nSPS) is 12.8. The molecule has 0 atom stereocenters. The molecular weight excluding hydrogens is 212 g/mol. The van der Waals surface area contributed by atoms with E-state index in [1.165, 1.54) is 0 Å². The Morgan fingerprint density at radius 2 is 1.82 bits per heavy atom. The Labute approximate surface area is 99.9 Å². The van der Waals surface area contributed by atoms with E-state index >= 15 is 0 Å². The Morgan fingerprint density at radius 1 is 1.00 bits per heavy atom. The highest BCUT2D eigenvalue weighted by Gasteiger charge is 2.26. The number of rotatable bonds is 3. The molecule has 2 nitrogen and oxygen atoms in total. The average Bonchev–Trinajstić information content (AvgIpc) is 2.36. The summed E-state index contributed by atoms with van der Waals surface area (Å²) in [5.74, 6) is 0.895. The third kappa shape index (κ3) is 1.82. The van der Waals surface area contributed by atoms with Crippen molar-refractivity contribution < 1.29 is 9.53 Å². The van der Waals surface area contributed by atoms with Crippen LogP contribution in [0.2, 0.25) is 0 Å². The minimum Gasteiger partial charge on any atom is -0.488 e. The van der Waals surface area contributed by atoms with Crippen molar-refractivity contribution >= 4 is 5.78 Å². The summed E-state index contributed by atoms with van der Waals surface area (Å²) < 4.78 is 5.70. The fraction of sp³-hybridized carbons (Fsp3) is 0.133. The van der Waals surface area contributed by atoms with Crippen LogP contribution >= 0.6 is 0 Å². The highest BCUT2D eigenvalue weighted by atomic mass is 16.5. The van der Waals surface area contributed by atoms with E-state index in [0.29, 0.717) is 18.8 Å². The molecule has 2 aromatic rings. The summed E-state index contributed by atoms with van der Waals surface area (Å²) in [5.41, 5.74) is 2.97. The smallest absolute Gasteiger partial charge is 0.171 e. The van der Waals surface area contributed by atoms with Crippen LogP contribution in [-0.4, -0.2) is 5.78 Å². The molecule has 0 fully saturated rings. The van der Waals surface area contributed by atoms with Gasteiger partial charge in [-0.1, -0.05) is 42.5 Å². The quantitative estimate of drug-likeness (QED) is 0.801. The molecule has 2 aromatic carbocycles. The van der Waals surface area contributed by atoms with Crippen molar-refractivity contribution in [2.24, 2.45) is 0 Å². The number of hydrogen-bond acceptors (Lipinski definition) is 2. The Balaban J connectivity index is 1.79. The van der Waals surface area contributed by atoms with Crippen LogP contribution < -0.4 is 4.74 Å². The molecule has 0 saturated heterocycles. The Morgan fingerprint density at radius 3 is 2.59 bits per heavy atom. The zero-order valence-electron chi connectivity index (χ0n) is 9.35. The van der Waals surface area contributed by atoms with Crippen LogP contribution in [0.5, 0.6) is 5.75 Å². The number of fused-ring (bicyclic) bond motifs is 1. The van der Waals surface area contributed by atoms with Gasteiger partial charge in [-0.2, -0.15) is 0 Å². The average molecular weight is 224 g/mol. The van der Waals surface area contributed by atoms with E-state index in [1.807, 2.05) is 48.5 Å². The number of ether oxygens (including phenoxy) is 1. The first kappa shape index (κ1) is 10.1. The minimum atomic E-state index is 0.184. The van der Waals surface area contributed by atoms with Gasteiger partial charge in [0.05, 0.1) is 5.56 Å². The minimum absolute atomic E-state index is 0.184. The van der Waals surface area contributed by atoms with Gasteiger partial charge >= 0.3 is 0 Å². The molecule has 1 aliphatic carbocycles. The van der Waals surface area contributed by atoms with Crippen molar-refractivity contribution in [2.75, 3.05) is 0 Å². The fourth-order valence-corrected chi connectivity index (χ4v) is 2.05. The van der Waals surface area contributed by atoms with Gasteiger partial charge in [0, 0.05) is 6.42 Å². The molecule has 0 N–H and O–H groups in total. The third-order valence-corrected chi connectivity index (χ3v) is 2.98. The fourth-order valence-electron chi connectivity index (χ4n) is 2.05. The summed E-state index contributed by atoms with van der Waals surface area (Å²) in [6.07, 6.45) is 0.553. The molecule has 0 aromatic heterocycles. The number of Topliss-reactive ketones (excluding diaryl/α,β-unsaturated/α-hetero) is 1. The molecule has 17 heavy (non-hydrogen) atoms. The molecule has 0 amide bonds. The van der Waals surface area contributed by atoms with E-state index in [0.717, 1.165) is 16.7 Å². The first-order valence-electron chi connectivity index (χ1n) is 5.66. The molecule has 0 radical (unpaired) electrons. The van der Waals surface area contributed by atoms with Gasteiger partial charge in [0.15, 0.2) is 5.78 Å². The van der Waals surface area contributed by atoms with Gasteiger partial charge in [0.25, 0.3) is 0 Å². The number of carbonyl (C=O) groups excluding carboxylic acids is 1. The zero-order valence-corrected chi connectivity index (χ0v) is 9.35. The molecule has 0 saturated carbocycles. The van der Waals surface area contributed by atoms with Crippen molar-refractivity contribution in [2.45, 2.75) is 13.0 Å². The Hall–Kier alpha value is -2.09. The molecule has 3 rings (SSSR count). The summed E-state index contributed by atoms with van der Waals surface area (Å²) in [4.78, 5) is 11.5. The van der Waals surface area contributed by atoms with Crippen LogP contribution in [0.15, 0.2) is 48.5 Å². The van der Waals surface area contributed by atoms with Crippen LogP contribution in [0.1, 0.15) is 21.5 Å². The van der Waals surface area contributed by atoms with Crippen LogP contribution in [0.4, 0.5) is 0 Å². The first-order valence-corrected chi connectivity index (χ1v) is 5.66. The predicted molar refractivity (Wildman–Crippen MR) is 65.3 cm³/mol. The number of hydrogen-bond donors (Lipinski definition) is 0. The van der Waals surface area contributed by atoms with Crippen LogP contribution in [-0.2, 0) is 13.0 Å². The molecule has 1 aliphatic rings. The van der Waals surface area contributed by atoms with Gasteiger partial charge in [-0.15, -0.1) is 0 Å². The molecule has 0 bridgehead atoms. The van der Waals surface area contributed by atoms with Crippen molar-refractivity contribution in [3.63, 3.8) is 0 Å². The summed E-state index contributed by atoms with van der Waals surface area (Å²) in [6, 6.07) is 15.7. The molecule has 0 aliphatic heterocycles. The zero-order chi connectivity index (χ0) is 11.7. The number of benzene rings is 2. The van der Waals surface area contributed by atoms with Crippen molar-refractivity contribution in [1.82, 2.24) is 0 Å². The van der Waals surface area contributed by atoms with E-state index in [9.17, 15) is 4.79 Å². The van der Waals surface area contributed by atoms with Gasteiger partial charge in [-0.3, -0.25) is 4.79 Å². The summed E-state index contributed by atoms with van der Waals surface area (Å²) in [7, 11) is 0. The standard InChI is InChI=1S/C15H12O2/c16-13-9-12-7-4-8-14(15(12)13)17-10-11-5-2-1-3-6-11/h1-8H,9-10H2. The maximum atomic E-state index is 11.5. The lowest BCUT2D eigenvalue weighted by Gasteiger charge is -2.20. The maximum Gasteiger partial charge on any atom is 0.171 e. The second-order valence-corrected chi connectivity index (χ2v) is 4.16. The second kappa shape index (κ2) is 4.06. The first-order chi connectivity index (χ1) is 8.34. The van der Waals surface area contributed by atoms with E-state index in [-0.39, 0.29) is 5.78 Å². The van der Waals surface area contributed by atoms with Gasteiger partial charge in [-0.25, -0.2) is 0 Å². The van der Waals surface area contributed by atoms with Crippen molar-refractivity contribution in [3.8, 4) is 5.75 Å². The lowest BCUT2D eigenvalue weighted by molar-refractivity contribution is 0.0962. The third-order valence-electron chi connectivity index (χ3n) is 2.98. The van der Waals surface area contributed by atoms with E-state index in [2.05, 4.69) is 0 Å². The summed E-state index contributed by atoms with van der Waals surface area (Å²) in [5, 5.41) is 0. The lowest BCUT2D eigenvalue weighted by Crippen LogP contribution is -2.20. The maximum absolute atomic E-state index is 11.5. The topological polar surface area (TPSA) is 26.3 Å². The van der Waals surface area contributed by atoms with Crippen LogP contribution in [0, 0.1) is 0 Å². The molecular formula is C15H12O2. The number of carbonyl (C=O) groups is 1. The van der Waals surface area contributed by atoms with Crippen molar-refractivity contribution in [3.05, 3.63) is 65.2 Å². The van der Waals surface area contributed by atoms with E-state index in [1.54, 1.807) is 0 Å². The summed E-state index contributed by atoms with van der Waals surface area (Å²) in [6.45, 7) is 0.505. The Kier molecular flexibility index (Phi) is 2.41. The van der Waals surface area contributed by atoms with Crippen LogP contribution in [0.25, 0.3) is 0 Å². The molecule has 84 valence electrons. The van der Waals surface area contributed by atoms with Gasteiger partial charge in [0.2, 0.25) is 0 Å². The van der Waals surface area contributed by atoms with Crippen molar-refractivity contribution in [1.29, 1.82) is 0 Å². The van der Waals surface area contributed by atoms with Crippen LogP contribution in [0.3, 0.4) is 0 Å². The van der Waals surface area contributed by atoms with E-state index in [4.69, 9.17) is 4.74 Å². The van der Waals surface area contributed by atoms with E-state index < -0.39 is 0 Å². The highest BCUT2D eigenvalue weighted by molar-refractivity contribution is 6.08. The largest absolute Gasteiger partial charge is 0.488 e. The second-order valence-electron chi connectivity index (χ2n) is 4.16.